The van der Waals surface area contributed by atoms with E-state index in [-0.39, 0.29) is 5.91 Å². The van der Waals surface area contributed by atoms with E-state index in [0.717, 1.165) is 17.9 Å². The van der Waals surface area contributed by atoms with Crippen LogP contribution in [0.3, 0.4) is 0 Å². The van der Waals surface area contributed by atoms with Crippen molar-refractivity contribution in [2.75, 3.05) is 6.54 Å². The lowest BCUT2D eigenvalue weighted by molar-refractivity contribution is -0.128. The molecule has 1 amide bonds. The topological polar surface area (TPSA) is 38.3 Å². The molecular weight excluding hydrogens is 345 g/mol. The molecule has 0 bridgehead atoms. The van der Waals surface area contributed by atoms with Gasteiger partial charge in [0.1, 0.15) is 5.75 Å². The maximum atomic E-state index is 12.2. The third-order valence-corrected chi connectivity index (χ3v) is 4.08. The predicted octanol–water partition coefficient (Wildman–Crippen LogP) is 4.90. The smallest absolute Gasteiger partial charge is 0.261 e. The molecule has 2 rings (SSSR count). The van der Waals surface area contributed by atoms with E-state index in [4.69, 9.17) is 27.9 Å². The van der Waals surface area contributed by atoms with Gasteiger partial charge in [-0.3, -0.25) is 4.79 Å². The highest BCUT2D eigenvalue weighted by atomic mass is 35.5. The Bertz CT molecular complexity index is 659. The number of rotatable bonds is 8. The number of hydrogen-bond donors (Lipinski definition) is 1. The fourth-order valence-electron chi connectivity index (χ4n) is 2.30. The van der Waals surface area contributed by atoms with Crippen LogP contribution in [0.2, 0.25) is 10.0 Å². The Kier molecular flexibility index (Phi) is 7.41. The van der Waals surface area contributed by atoms with E-state index in [2.05, 4.69) is 5.32 Å². The van der Waals surface area contributed by atoms with Crippen LogP contribution in [0.1, 0.15) is 25.3 Å². The molecule has 1 N–H and O–H groups in total. The third-order valence-electron chi connectivity index (χ3n) is 3.59. The van der Waals surface area contributed by atoms with Crippen LogP contribution in [0, 0.1) is 0 Å². The first kappa shape index (κ1) is 18.6. The molecule has 0 saturated carbocycles. The normalized spacial score (nSPS) is 11.8. The van der Waals surface area contributed by atoms with Crippen LogP contribution >= 0.6 is 23.2 Å². The van der Waals surface area contributed by atoms with Gasteiger partial charge in [0.2, 0.25) is 0 Å². The summed E-state index contributed by atoms with van der Waals surface area (Å²) < 4.78 is 5.72. The fraction of sp³-hybridized carbons (Fsp3) is 0.316. The largest absolute Gasteiger partial charge is 0.481 e. The fourth-order valence-corrected chi connectivity index (χ4v) is 2.60. The van der Waals surface area contributed by atoms with Gasteiger partial charge in [0, 0.05) is 16.6 Å². The van der Waals surface area contributed by atoms with Crippen molar-refractivity contribution in [3.63, 3.8) is 0 Å². The molecule has 0 aliphatic rings. The number of carbonyl (C=O) groups excluding carboxylic acids is 1. The zero-order valence-electron chi connectivity index (χ0n) is 13.6. The van der Waals surface area contributed by atoms with Crippen molar-refractivity contribution in [2.24, 2.45) is 0 Å². The molecule has 24 heavy (non-hydrogen) atoms. The minimum atomic E-state index is -0.515. The number of halogens is 2. The van der Waals surface area contributed by atoms with E-state index in [0.29, 0.717) is 23.7 Å². The third kappa shape index (κ3) is 6.06. The van der Waals surface area contributed by atoms with Gasteiger partial charge in [0.05, 0.1) is 0 Å². The van der Waals surface area contributed by atoms with Crippen molar-refractivity contribution in [1.29, 1.82) is 0 Å². The second-order valence-corrected chi connectivity index (χ2v) is 6.37. The second-order valence-electron chi connectivity index (χ2n) is 5.49. The summed E-state index contributed by atoms with van der Waals surface area (Å²) in [4.78, 5) is 12.2. The lowest BCUT2D eigenvalue weighted by atomic mass is 10.1. The Morgan fingerprint density at radius 2 is 1.88 bits per heavy atom. The highest BCUT2D eigenvalue weighted by Crippen LogP contribution is 2.19. The van der Waals surface area contributed by atoms with Crippen LogP contribution in [0.4, 0.5) is 0 Å². The Morgan fingerprint density at radius 1 is 1.12 bits per heavy atom. The molecule has 3 nitrogen and oxygen atoms in total. The maximum absolute atomic E-state index is 12.2. The van der Waals surface area contributed by atoms with E-state index in [1.807, 2.05) is 31.2 Å². The van der Waals surface area contributed by atoms with Crippen molar-refractivity contribution in [3.8, 4) is 5.75 Å². The van der Waals surface area contributed by atoms with Crippen LogP contribution in [0.5, 0.6) is 5.75 Å². The molecular formula is C19H21Cl2NO2. The molecule has 0 spiro atoms. The van der Waals surface area contributed by atoms with Gasteiger partial charge >= 0.3 is 0 Å². The van der Waals surface area contributed by atoms with Gasteiger partial charge in [-0.05, 0) is 55.2 Å². The first-order chi connectivity index (χ1) is 11.6. The Hall–Kier alpha value is -1.71. The van der Waals surface area contributed by atoms with E-state index in [1.165, 1.54) is 5.56 Å². The van der Waals surface area contributed by atoms with Crippen LogP contribution in [-0.4, -0.2) is 18.6 Å². The zero-order chi connectivity index (χ0) is 17.4. The highest BCUT2D eigenvalue weighted by molar-refractivity contribution is 6.30. The summed E-state index contributed by atoms with van der Waals surface area (Å²) in [6, 6.07) is 14.8. The molecule has 0 heterocycles. The summed E-state index contributed by atoms with van der Waals surface area (Å²) in [6.07, 6.45) is 1.83. The molecule has 128 valence electrons. The summed E-state index contributed by atoms with van der Waals surface area (Å²) in [5.41, 5.74) is 1.20. The number of carbonyl (C=O) groups is 1. The SMILES string of the molecule is CCC(Oc1cccc(Cl)c1)C(=O)NCCCc1ccc(Cl)cc1. The predicted molar refractivity (Wildman–Crippen MR) is 98.9 cm³/mol. The van der Waals surface area contributed by atoms with Gasteiger partial charge in [-0.15, -0.1) is 0 Å². The number of benzene rings is 2. The number of aryl methyl sites for hydroxylation is 1. The molecule has 0 fully saturated rings. The first-order valence-corrected chi connectivity index (χ1v) is 8.78. The van der Waals surface area contributed by atoms with E-state index < -0.39 is 6.10 Å². The standard InChI is InChI=1S/C19H21Cl2NO2/c1-2-18(24-17-7-3-6-16(21)13-17)19(23)22-12-4-5-14-8-10-15(20)11-9-14/h3,6-11,13,18H,2,4-5,12H2,1H3,(H,22,23). The number of hydrogen-bond acceptors (Lipinski definition) is 2. The average Bonchev–Trinajstić information content (AvgIpc) is 2.58. The van der Waals surface area contributed by atoms with Crippen LogP contribution in [-0.2, 0) is 11.2 Å². The number of nitrogens with one attached hydrogen (secondary N) is 1. The summed E-state index contributed by atoms with van der Waals surface area (Å²) in [7, 11) is 0. The zero-order valence-corrected chi connectivity index (χ0v) is 15.1. The number of ether oxygens (including phenoxy) is 1. The Morgan fingerprint density at radius 3 is 2.54 bits per heavy atom. The second kappa shape index (κ2) is 9.55. The van der Waals surface area contributed by atoms with Crippen LogP contribution in [0.15, 0.2) is 48.5 Å². The van der Waals surface area contributed by atoms with Crippen LogP contribution < -0.4 is 10.1 Å². The van der Waals surface area contributed by atoms with Gasteiger partial charge in [-0.25, -0.2) is 0 Å². The molecule has 0 aliphatic carbocycles. The lowest BCUT2D eigenvalue weighted by Crippen LogP contribution is -2.38. The molecule has 1 atom stereocenters. The molecule has 1 unspecified atom stereocenters. The van der Waals surface area contributed by atoms with Crippen LogP contribution in [0.25, 0.3) is 0 Å². The van der Waals surface area contributed by atoms with E-state index in [9.17, 15) is 4.79 Å². The van der Waals surface area contributed by atoms with Gasteiger partial charge < -0.3 is 10.1 Å². The Labute approximate surface area is 152 Å². The summed E-state index contributed by atoms with van der Waals surface area (Å²) >= 11 is 11.8. The molecule has 0 aliphatic heterocycles. The maximum Gasteiger partial charge on any atom is 0.261 e. The summed E-state index contributed by atoms with van der Waals surface area (Å²) in [5, 5.41) is 4.25. The molecule has 5 heteroatoms. The van der Waals surface area contributed by atoms with Gasteiger partial charge in [-0.1, -0.05) is 48.3 Å². The number of amides is 1. The van der Waals surface area contributed by atoms with Gasteiger partial charge in [0.15, 0.2) is 6.10 Å². The van der Waals surface area contributed by atoms with Crippen molar-refractivity contribution < 1.29 is 9.53 Å². The quantitative estimate of drug-likeness (QED) is 0.675. The van der Waals surface area contributed by atoms with E-state index >= 15 is 0 Å². The molecule has 0 radical (unpaired) electrons. The summed E-state index contributed by atoms with van der Waals surface area (Å²) in [5.74, 6) is 0.499. The van der Waals surface area contributed by atoms with Crippen molar-refractivity contribution in [3.05, 3.63) is 64.1 Å². The van der Waals surface area contributed by atoms with Crippen molar-refractivity contribution >= 4 is 29.1 Å². The molecule has 0 saturated heterocycles. The molecule has 2 aromatic carbocycles. The lowest BCUT2D eigenvalue weighted by Gasteiger charge is -2.17. The average molecular weight is 366 g/mol. The van der Waals surface area contributed by atoms with Gasteiger partial charge in [0.25, 0.3) is 5.91 Å². The van der Waals surface area contributed by atoms with Gasteiger partial charge in [-0.2, -0.15) is 0 Å². The molecule has 2 aromatic rings. The summed E-state index contributed by atoms with van der Waals surface area (Å²) in [6.45, 7) is 2.53. The van der Waals surface area contributed by atoms with E-state index in [1.54, 1.807) is 24.3 Å². The monoisotopic (exact) mass is 365 g/mol. The minimum absolute atomic E-state index is 0.103. The van der Waals surface area contributed by atoms with Crippen molar-refractivity contribution in [1.82, 2.24) is 5.32 Å². The first-order valence-electron chi connectivity index (χ1n) is 8.03. The van der Waals surface area contributed by atoms with Crippen molar-refractivity contribution in [2.45, 2.75) is 32.3 Å². The highest BCUT2D eigenvalue weighted by Gasteiger charge is 2.17. The minimum Gasteiger partial charge on any atom is -0.481 e. The Balaban J connectivity index is 1.76. The molecule has 0 aromatic heterocycles.